The van der Waals surface area contributed by atoms with Crippen LogP contribution in [0.4, 0.5) is 5.69 Å². The first-order chi connectivity index (χ1) is 12.7. The SMILES string of the molecule is CC1CCC(C(=O)N(c2cc(Br)sc2C(=O)O)C2COC(C)(C)OC2)CC1. The standard InChI is InChI=1S/C19H26BrNO5S/c1-11-4-6-12(7-5-11)17(22)21(13-9-25-19(2,3)26-10-13)14-8-15(20)27-16(14)18(23)24/h8,11-13H,4-7,9-10H2,1-3H3,(H,23,24). The van der Waals surface area contributed by atoms with Crippen LogP contribution in [0.2, 0.25) is 0 Å². The summed E-state index contributed by atoms with van der Waals surface area (Å²) in [4.78, 5) is 27.0. The maximum absolute atomic E-state index is 13.5. The van der Waals surface area contributed by atoms with Crippen LogP contribution in [0.15, 0.2) is 9.85 Å². The summed E-state index contributed by atoms with van der Waals surface area (Å²) in [6.45, 7) is 6.51. The second kappa shape index (κ2) is 8.19. The number of carbonyl (C=O) groups excluding carboxylic acids is 1. The molecule has 1 amide bonds. The monoisotopic (exact) mass is 459 g/mol. The molecule has 0 unspecified atom stereocenters. The lowest BCUT2D eigenvalue weighted by atomic mass is 9.82. The Hall–Kier alpha value is -0.960. The van der Waals surface area contributed by atoms with Gasteiger partial charge in [-0.1, -0.05) is 6.92 Å². The summed E-state index contributed by atoms with van der Waals surface area (Å²) in [6, 6.07) is 1.38. The summed E-state index contributed by atoms with van der Waals surface area (Å²) in [5, 5.41) is 9.63. The van der Waals surface area contributed by atoms with Gasteiger partial charge in [0.25, 0.3) is 0 Å². The molecule has 6 nitrogen and oxygen atoms in total. The first kappa shape index (κ1) is 20.8. The van der Waals surface area contributed by atoms with Crippen LogP contribution in [0, 0.1) is 11.8 Å². The van der Waals surface area contributed by atoms with E-state index in [0.717, 1.165) is 37.0 Å². The van der Waals surface area contributed by atoms with Crippen LogP contribution in [0.3, 0.4) is 0 Å². The van der Waals surface area contributed by atoms with Gasteiger partial charge >= 0.3 is 5.97 Å². The van der Waals surface area contributed by atoms with E-state index in [1.54, 1.807) is 11.0 Å². The summed E-state index contributed by atoms with van der Waals surface area (Å²) in [5.74, 6) is -1.21. The van der Waals surface area contributed by atoms with Crippen LogP contribution in [-0.4, -0.2) is 42.0 Å². The molecule has 2 fully saturated rings. The molecular weight excluding hydrogens is 434 g/mol. The van der Waals surface area contributed by atoms with Crippen molar-refractivity contribution in [1.29, 1.82) is 0 Å². The number of hydrogen-bond acceptors (Lipinski definition) is 5. The van der Waals surface area contributed by atoms with Gasteiger partial charge in [-0.05, 0) is 67.4 Å². The summed E-state index contributed by atoms with van der Waals surface area (Å²) in [6.07, 6.45) is 3.72. The van der Waals surface area contributed by atoms with Crippen molar-refractivity contribution in [2.24, 2.45) is 11.8 Å². The number of carboxylic acid groups (broad SMARTS) is 1. The van der Waals surface area contributed by atoms with E-state index in [0.29, 0.717) is 28.6 Å². The van der Waals surface area contributed by atoms with E-state index < -0.39 is 11.8 Å². The van der Waals surface area contributed by atoms with Crippen LogP contribution in [0.5, 0.6) is 0 Å². The average Bonchev–Trinajstić information content (AvgIpc) is 2.99. The molecule has 0 aromatic carbocycles. The number of thiophene rings is 1. The molecule has 0 radical (unpaired) electrons. The van der Waals surface area contributed by atoms with Gasteiger partial charge in [-0.15, -0.1) is 11.3 Å². The van der Waals surface area contributed by atoms with Crippen LogP contribution in [-0.2, 0) is 14.3 Å². The predicted octanol–water partition coefficient (Wildman–Crippen LogP) is 4.52. The lowest BCUT2D eigenvalue weighted by molar-refractivity contribution is -0.250. The minimum absolute atomic E-state index is 0.0217. The number of rotatable bonds is 4. The van der Waals surface area contributed by atoms with E-state index in [-0.39, 0.29) is 22.7 Å². The first-order valence-electron chi connectivity index (χ1n) is 9.31. The summed E-state index contributed by atoms with van der Waals surface area (Å²) in [5.41, 5.74) is 0.430. The molecule has 1 saturated carbocycles. The van der Waals surface area contributed by atoms with Crippen LogP contribution >= 0.6 is 27.3 Å². The Morgan fingerprint density at radius 2 is 1.81 bits per heavy atom. The molecule has 2 heterocycles. The lowest BCUT2D eigenvalue weighted by Gasteiger charge is -2.41. The fraction of sp³-hybridized carbons (Fsp3) is 0.684. The molecule has 8 heteroatoms. The van der Waals surface area contributed by atoms with Crippen molar-refractivity contribution in [3.05, 3.63) is 14.7 Å². The highest BCUT2D eigenvalue weighted by Crippen LogP contribution is 2.39. The van der Waals surface area contributed by atoms with Crippen molar-refractivity contribution in [3.63, 3.8) is 0 Å². The second-order valence-corrected chi connectivity index (χ2v) is 10.3. The van der Waals surface area contributed by atoms with E-state index in [1.165, 1.54) is 0 Å². The molecule has 1 N–H and O–H groups in total. The number of carboxylic acids is 1. The quantitative estimate of drug-likeness (QED) is 0.715. The van der Waals surface area contributed by atoms with Gasteiger partial charge in [-0.25, -0.2) is 4.79 Å². The fourth-order valence-corrected chi connectivity index (χ4v) is 5.13. The van der Waals surface area contributed by atoms with Gasteiger partial charge in [0, 0.05) is 5.92 Å². The van der Waals surface area contributed by atoms with Crippen molar-refractivity contribution in [2.45, 2.75) is 58.3 Å². The number of nitrogens with zero attached hydrogens (tertiary/aromatic N) is 1. The van der Waals surface area contributed by atoms with E-state index in [2.05, 4.69) is 22.9 Å². The normalized spacial score (nSPS) is 25.9. The van der Waals surface area contributed by atoms with Crippen LogP contribution in [0.25, 0.3) is 0 Å². The van der Waals surface area contributed by atoms with Gasteiger partial charge in [0.15, 0.2) is 5.79 Å². The molecule has 150 valence electrons. The van der Waals surface area contributed by atoms with Gasteiger partial charge in [0.1, 0.15) is 4.88 Å². The number of amides is 1. The summed E-state index contributed by atoms with van der Waals surface area (Å²) >= 11 is 4.49. The highest BCUT2D eigenvalue weighted by atomic mass is 79.9. The van der Waals surface area contributed by atoms with E-state index in [9.17, 15) is 14.7 Å². The first-order valence-corrected chi connectivity index (χ1v) is 10.9. The van der Waals surface area contributed by atoms with Crippen molar-refractivity contribution < 1.29 is 24.2 Å². The van der Waals surface area contributed by atoms with Crippen LogP contribution < -0.4 is 4.90 Å². The number of aromatic carboxylic acids is 1. The molecule has 3 rings (SSSR count). The molecule has 1 aliphatic heterocycles. The molecule has 1 aromatic heterocycles. The van der Waals surface area contributed by atoms with Crippen LogP contribution in [0.1, 0.15) is 56.1 Å². The third kappa shape index (κ3) is 4.72. The van der Waals surface area contributed by atoms with E-state index in [1.807, 2.05) is 13.8 Å². The fourth-order valence-electron chi connectivity index (χ4n) is 3.72. The molecule has 1 aromatic rings. The van der Waals surface area contributed by atoms with Crippen molar-refractivity contribution >= 4 is 44.8 Å². The molecule has 27 heavy (non-hydrogen) atoms. The van der Waals surface area contributed by atoms with Gasteiger partial charge in [-0.3, -0.25) is 4.79 Å². The lowest BCUT2D eigenvalue weighted by Crippen LogP contribution is -2.54. The Morgan fingerprint density at radius 1 is 1.22 bits per heavy atom. The van der Waals surface area contributed by atoms with Gasteiger partial charge in [0.05, 0.1) is 28.7 Å². The number of ether oxygens (including phenoxy) is 2. The molecule has 0 spiro atoms. The van der Waals surface area contributed by atoms with Gasteiger partial charge in [-0.2, -0.15) is 0 Å². The average molecular weight is 460 g/mol. The maximum atomic E-state index is 13.5. The zero-order valence-electron chi connectivity index (χ0n) is 15.9. The number of carbonyl (C=O) groups is 2. The predicted molar refractivity (Wildman–Crippen MR) is 107 cm³/mol. The smallest absolute Gasteiger partial charge is 0.348 e. The van der Waals surface area contributed by atoms with Crippen molar-refractivity contribution in [3.8, 4) is 0 Å². The van der Waals surface area contributed by atoms with Gasteiger partial charge < -0.3 is 19.5 Å². The molecular formula is C19H26BrNO5S. The molecule has 1 saturated heterocycles. The Morgan fingerprint density at radius 3 is 2.37 bits per heavy atom. The number of anilines is 1. The second-order valence-electron chi connectivity index (χ2n) is 7.91. The zero-order valence-corrected chi connectivity index (χ0v) is 18.3. The number of hydrogen-bond donors (Lipinski definition) is 1. The Kier molecular flexibility index (Phi) is 6.30. The highest BCUT2D eigenvalue weighted by Gasteiger charge is 2.39. The highest BCUT2D eigenvalue weighted by molar-refractivity contribution is 9.11. The maximum Gasteiger partial charge on any atom is 0.348 e. The summed E-state index contributed by atoms with van der Waals surface area (Å²) < 4.78 is 12.2. The van der Waals surface area contributed by atoms with Crippen molar-refractivity contribution in [1.82, 2.24) is 0 Å². The van der Waals surface area contributed by atoms with E-state index >= 15 is 0 Å². The molecule has 2 aliphatic rings. The third-order valence-corrected chi connectivity index (χ3v) is 6.97. The minimum atomic E-state index is -1.03. The van der Waals surface area contributed by atoms with Gasteiger partial charge in [0.2, 0.25) is 5.91 Å². The Bertz CT molecular complexity index is 701. The molecule has 1 aliphatic carbocycles. The number of halogens is 1. The Balaban J connectivity index is 1.92. The topological polar surface area (TPSA) is 76.1 Å². The molecule has 0 atom stereocenters. The third-order valence-electron chi connectivity index (χ3n) is 5.35. The Labute approximate surface area is 172 Å². The summed E-state index contributed by atoms with van der Waals surface area (Å²) in [7, 11) is 0. The van der Waals surface area contributed by atoms with Crippen molar-refractivity contribution in [2.75, 3.05) is 18.1 Å². The minimum Gasteiger partial charge on any atom is -0.477 e. The largest absolute Gasteiger partial charge is 0.477 e. The zero-order chi connectivity index (χ0) is 19.8. The van der Waals surface area contributed by atoms with E-state index in [4.69, 9.17) is 9.47 Å². The molecule has 0 bridgehead atoms.